The third-order valence-corrected chi connectivity index (χ3v) is 3.53. The molecule has 2 heterocycles. The summed E-state index contributed by atoms with van der Waals surface area (Å²) in [5.41, 5.74) is 1.21. The largest absolute Gasteiger partial charge is 0.494 e. The van der Waals surface area contributed by atoms with E-state index in [1.165, 1.54) is 10.9 Å². The van der Waals surface area contributed by atoms with Crippen LogP contribution in [0.3, 0.4) is 0 Å². The van der Waals surface area contributed by atoms with Crippen molar-refractivity contribution in [1.29, 1.82) is 0 Å². The first-order chi connectivity index (χ1) is 8.88. The van der Waals surface area contributed by atoms with Crippen LogP contribution >= 0.6 is 12.4 Å². The van der Waals surface area contributed by atoms with Gasteiger partial charge in [0.2, 0.25) is 0 Å². The van der Waals surface area contributed by atoms with Crippen LogP contribution in [-0.2, 0) is 0 Å². The summed E-state index contributed by atoms with van der Waals surface area (Å²) in [4.78, 5) is 0. The number of halogens is 1. The maximum atomic E-state index is 5.52. The van der Waals surface area contributed by atoms with Crippen LogP contribution in [0.5, 0.6) is 5.75 Å². The van der Waals surface area contributed by atoms with E-state index in [2.05, 4.69) is 27.2 Å². The van der Waals surface area contributed by atoms with Crippen molar-refractivity contribution < 1.29 is 4.74 Å². The van der Waals surface area contributed by atoms with Gasteiger partial charge in [0, 0.05) is 5.39 Å². The van der Waals surface area contributed by atoms with Crippen LogP contribution < -0.4 is 10.1 Å². The van der Waals surface area contributed by atoms with Crippen LogP contribution in [0.25, 0.3) is 10.9 Å². The van der Waals surface area contributed by atoms with E-state index in [9.17, 15) is 0 Å². The highest BCUT2D eigenvalue weighted by atomic mass is 35.5. The first-order valence-corrected chi connectivity index (χ1v) is 6.69. The van der Waals surface area contributed by atoms with Gasteiger partial charge in [0.1, 0.15) is 5.75 Å². The normalized spacial score (nSPS) is 16.3. The number of rotatable bonds is 3. The van der Waals surface area contributed by atoms with Crippen LogP contribution in [0.2, 0.25) is 0 Å². The third kappa shape index (κ3) is 2.85. The number of piperidine rings is 1. The minimum Gasteiger partial charge on any atom is -0.494 e. The van der Waals surface area contributed by atoms with Gasteiger partial charge in [0.15, 0.2) is 0 Å². The van der Waals surface area contributed by atoms with Gasteiger partial charge >= 0.3 is 0 Å². The van der Waals surface area contributed by atoms with E-state index >= 15 is 0 Å². The fourth-order valence-corrected chi connectivity index (χ4v) is 2.63. The second kappa shape index (κ2) is 6.26. The molecule has 1 aromatic carbocycles. The molecule has 0 bridgehead atoms. The molecule has 2 aromatic rings. The molecule has 5 heteroatoms. The highest BCUT2D eigenvalue weighted by Crippen LogP contribution is 2.26. The van der Waals surface area contributed by atoms with E-state index in [0.29, 0.717) is 12.6 Å². The molecule has 0 amide bonds. The third-order valence-electron chi connectivity index (χ3n) is 3.53. The van der Waals surface area contributed by atoms with E-state index in [1.54, 1.807) is 0 Å². The predicted octanol–water partition coefficient (Wildman–Crippen LogP) is 2.78. The summed E-state index contributed by atoms with van der Waals surface area (Å²) in [5.74, 6) is 0.926. The predicted molar refractivity (Wildman–Crippen MR) is 79.3 cm³/mol. The number of nitrogens with one attached hydrogen (secondary N) is 1. The molecule has 0 spiro atoms. The number of benzene rings is 1. The SMILES string of the molecule is CCOc1ccc2c(cnn2C2CCNCC2)c1.Cl. The van der Waals surface area contributed by atoms with E-state index in [-0.39, 0.29) is 12.4 Å². The Balaban J connectivity index is 0.00000133. The maximum absolute atomic E-state index is 5.52. The topological polar surface area (TPSA) is 39.1 Å². The summed E-state index contributed by atoms with van der Waals surface area (Å²) in [7, 11) is 0. The van der Waals surface area contributed by atoms with Crippen LogP contribution in [0.4, 0.5) is 0 Å². The number of nitrogens with zero attached hydrogens (tertiary/aromatic N) is 2. The molecular formula is C14H20ClN3O. The lowest BCUT2D eigenvalue weighted by molar-refractivity contribution is 0.340. The zero-order valence-corrected chi connectivity index (χ0v) is 11.9. The van der Waals surface area contributed by atoms with E-state index < -0.39 is 0 Å². The van der Waals surface area contributed by atoms with Gasteiger partial charge in [-0.15, -0.1) is 12.4 Å². The Hall–Kier alpha value is -1.26. The van der Waals surface area contributed by atoms with E-state index in [4.69, 9.17) is 4.74 Å². The van der Waals surface area contributed by atoms with Gasteiger partial charge in [-0.25, -0.2) is 0 Å². The zero-order chi connectivity index (χ0) is 12.4. The molecule has 0 saturated carbocycles. The lowest BCUT2D eigenvalue weighted by Crippen LogP contribution is -2.29. The minimum absolute atomic E-state index is 0. The lowest BCUT2D eigenvalue weighted by atomic mass is 10.1. The van der Waals surface area contributed by atoms with Crippen molar-refractivity contribution in [2.75, 3.05) is 19.7 Å². The molecule has 1 N–H and O–H groups in total. The van der Waals surface area contributed by atoms with Crippen molar-refractivity contribution in [3.05, 3.63) is 24.4 Å². The zero-order valence-electron chi connectivity index (χ0n) is 11.1. The molecule has 3 rings (SSSR count). The first kappa shape index (κ1) is 14.2. The molecule has 4 nitrogen and oxygen atoms in total. The summed E-state index contributed by atoms with van der Waals surface area (Å²) >= 11 is 0. The summed E-state index contributed by atoms with van der Waals surface area (Å²) in [6.45, 7) is 4.88. The molecule has 19 heavy (non-hydrogen) atoms. The molecule has 0 atom stereocenters. The average molecular weight is 282 g/mol. The van der Waals surface area contributed by atoms with Crippen LogP contribution in [0, 0.1) is 0 Å². The van der Waals surface area contributed by atoms with Crippen LogP contribution in [-0.4, -0.2) is 29.5 Å². The van der Waals surface area contributed by atoms with Gasteiger partial charge in [-0.1, -0.05) is 0 Å². The van der Waals surface area contributed by atoms with Crippen molar-refractivity contribution in [3.63, 3.8) is 0 Å². The Morgan fingerprint density at radius 3 is 2.89 bits per heavy atom. The van der Waals surface area contributed by atoms with Gasteiger partial charge in [0.25, 0.3) is 0 Å². The highest BCUT2D eigenvalue weighted by molar-refractivity contribution is 5.85. The van der Waals surface area contributed by atoms with Gasteiger partial charge in [-0.05, 0) is 51.1 Å². The molecule has 0 aliphatic carbocycles. The summed E-state index contributed by atoms with van der Waals surface area (Å²) in [6, 6.07) is 6.76. The second-order valence-electron chi connectivity index (χ2n) is 4.72. The Kier molecular flexibility index (Phi) is 4.66. The minimum atomic E-state index is 0. The molecule has 0 radical (unpaired) electrons. The summed E-state index contributed by atoms with van der Waals surface area (Å²) < 4.78 is 7.69. The monoisotopic (exact) mass is 281 g/mol. The van der Waals surface area contributed by atoms with Gasteiger partial charge < -0.3 is 10.1 Å². The van der Waals surface area contributed by atoms with Crippen molar-refractivity contribution in [3.8, 4) is 5.75 Å². The molecule has 1 fully saturated rings. The smallest absolute Gasteiger partial charge is 0.120 e. The van der Waals surface area contributed by atoms with Crippen molar-refractivity contribution >= 4 is 23.3 Å². The van der Waals surface area contributed by atoms with Gasteiger partial charge in [0.05, 0.1) is 24.4 Å². The van der Waals surface area contributed by atoms with Crippen molar-refractivity contribution in [1.82, 2.24) is 15.1 Å². The number of fused-ring (bicyclic) bond motifs is 1. The molecule has 0 unspecified atom stereocenters. The van der Waals surface area contributed by atoms with Gasteiger partial charge in [-0.2, -0.15) is 5.10 Å². The molecular weight excluding hydrogens is 262 g/mol. The maximum Gasteiger partial charge on any atom is 0.120 e. The Morgan fingerprint density at radius 1 is 1.37 bits per heavy atom. The Bertz CT molecular complexity index is 534. The van der Waals surface area contributed by atoms with Crippen LogP contribution in [0.15, 0.2) is 24.4 Å². The van der Waals surface area contributed by atoms with Crippen LogP contribution in [0.1, 0.15) is 25.8 Å². The highest BCUT2D eigenvalue weighted by Gasteiger charge is 2.17. The van der Waals surface area contributed by atoms with E-state index in [1.807, 2.05) is 19.2 Å². The molecule has 1 saturated heterocycles. The second-order valence-corrected chi connectivity index (χ2v) is 4.72. The number of hydrogen-bond donors (Lipinski definition) is 1. The number of ether oxygens (including phenoxy) is 1. The van der Waals surface area contributed by atoms with Crippen molar-refractivity contribution in [2.24, 2.45) is 0 Å². The molecule has 104 valence electrons. The summed E-state index contributed by atoms with van der Waals surface area (Å²) in [5, 5.41) is 9.11. The Morgan fingerprint density at radius 2 is 2.16 bits per heavy atom. The molecule has 1 aliphatic rings. The number of hydrogen-bond acceptors (Lipinski definition) is 3. The fourth-order valence-electron chi connectivity index (χ4n) is 2.63. The number of aromatic nitrogens is 2. The standard InChI is InChI=1S/C14H19N3O.ClH/c1-2-18-13-3-4-14-11(9-13)10-16-17(14)12-5-7-15-8-6-12;/h3-4,9-10,12,15H,2,5-8H2,1H3;1H. The first-order valence-electron chi connectivity index (χ1n) is 6.69. The van der Waals surface area contributed by atoms with Gasteiger partial charge in [-0.3, -0.25) is 4.68 Å². The quantitative estimate of drug-likeness (QED) is 0.940. The average Bonchev–Trinajstić information content (AvgIpc) is 2.83. The fraction of sp³-hybridized carbons (Fsp3) is 0.500. The lowest BCUT2D eigenvalue weighted by Gasteiger charge is -2.23. The molecule has 1 aromatic heterocycles. The van der Waals surface area contributed by atoms with Crippen molar-refractivity contribution in [2.45, 2.75) is 25.8 Å². The molecule has 1 aliphatic heterocycles. The Labute approximate surface area is 119 Å². The van der Waals surface area contributed by atoms with E-state index in [0.717, 1.165) is 31.7 Å². The summed E-state index contributed by atoms with van der Waals surface area (Å²) in [6.07, 6.45) is 4.26.